The van der Waals surface area contributed by atoms with Gasteiger partial charge in [-0.3, -0.25) is 14.5 Å². The second-order valence-corrected chi connectivity index (χ2v) is 16.5. The third kappa shape index (κ3) is 7.24. The molecule has 4 saturated heterocycles. The number of nitrogens with zero attached hydrogens (tertiary/aromatic N) is 5. The Bertz CT molecular complexity index is 1590. The van der Waals surface area contributed by atoms with Crippen molar-refractivity contribution in [2.24, 2.45) is 5.92 Å². The standard InChI is InChI=1S/C35H45BrF3N7O3S/c1-42-24-2-3-25(42)19-26(18-24)43-9-11-45(12-10-43)33(48)22(14-21-15-27(35(37,38)39)32(40)28(36)16-21)17-31(47)44-7-4-23(5-8-44)46-20-30-29(6-13-50-30)41-34(46)49/h6,13,15-16,22-26H,2-5,7-12,14,17-20,40H2,1H3,(H,41,49)/t22-,24?,25?,26?/m0/s1. The summed E-state index contributed by atoms with van der Waals surface area (Å²) in [5.74, 6) is -1.22. The predicted octanol–water partition coefficient (Wildman–Crippen LogP) is 5.47. The van der Waals surface area contributed by atoms with Crippen LogP contribution in [0, 0.1) is 5.92 Å². The van der Waals surface area contributed by atoms with E-state index >= 15 is 0 Å². The minimum atomic E-state index is -4.66. The minimum Gasteiger partial charge on any atom is -0.397 e. The lowest BCUT2D eigenvalue weighted by Gasteiger charge is -2.45. The van der Waals surface area contributed by atoms with Gasteiger partial charge in [-0.15, -0.1) is 11.3 Å². The van der Waals surface area contributed by atoms with Crippen molar-refractivity contribution in [3.63, 3.8) is 0 Å². The Kier molecular flexibility index (Phi) is 10.1. The highest BCUT2D eigenvalue weighted by Crippen LogP contribution is 2.40. The molecule has 5 aliphatic rings. The van der Waals surface area contributed by atoms with Gasteiger partial charge in [0.25, 0.3) is 0 Å². The number of alkyl halides is 3. The van der Waals surface area contributed by atoms with E-state index in [9.17, 15) is 27.6 Å². The Morgan fingerprint density at radius 2 is 1.66 bits per heavy atom. The second kappa shape index (κ2) is 14.3. The fourth-order valence-corrected chi connectivity index (χ4v) is 10.2. The first-order valence-corrected chi connectivity index (χ1v) is 19.3. The van der Waals surface area contributed by atoms with E-state index in [1.165, 1.54) is 18.9 Å². The molecular formula is C35H45BrF3N7O3S. The normalized spacial score (nSPS) is 25.8. The summed E-state index contributed by atoms with van der Waals surface area (Å²) in [6.07, 6.45) is 1.20. The van der Waals surface area contributed by atoms with Crippen molar-refractivity contribution in [2.75, 3.05) is 57.4 Å². The zero-order valence-electron chi connectivity index (χ0n) is 28.3. The van der Waals surface area contributed by atoms with Crippen LogP contribution in [0.15, 0.2) is 28.1 Å². The van der Waals surface area contributed by atoms with Crippen LogP contribution in [0.25, 0.3) is 0 Å². The van der Waals surface area contributed by atoms with Crippen LogP contribution in [0.3, 0.4) is 0 Å². The second-order valence-electron chi connectivity index (χ2n) is 14.6. The lowest BCUT2D eigenvalue weighted by atomic mass is 9.91. The highest BCUT2D eigenvalue weighted by Gasteiger charge is 2.42. The van der Waals surface area contributed by atoms with Crippen molar-refractivity contribution in [1.82, 2.24) is 24.5 Å². The van der Waals surface area contributed by atoms with Crippen molar-refractivity contribution in [2.45, 2.75) is 88.3 Å². The Morgan fingerprint density at radius 1 is 0.980 bits per heavy atom. The third-order valence-corrected chi connectivity index (χ3v) is 13.3. The molecule has 0 radical (unpaired) electrons. The summed E-state index contributed by atoms with van der Waals surface area (Å²) in [6.45, 7) is 3.96. The van der Waals surface area contributed by atoms with Gasteiger partial charge in [-0.1, -0.05) is 0 Å². The first-order valence-electron chi connectivity index (χ1n) is 17.7. The SMILES string of the molecule is CN1C2CCC1CC(N1CCN(C(=O)[C@H](CC(=O)N3CCC(N4Cc5sccc5NC4=O)CC3)Cc3cc(Br)c(N)c(C(F)(F)F)c3)CC1)C2. The van der Waals surface area contributed by atoms with Gasteiger partial charge in [0.05, 0.1) is 29.4 Å². The number of nitrogens with two attached hydrogens (primary N) is 1. The number of amides is 4. The smallest absolute Gasteiger partial charge is 0.397 e. The molecule has 3 N–H and O–H groups in total. The van der Waals surface area contributed by atoms with Gasteiger partial charge >= 0.3 is 12.2 Å². The molecule has 0 aliphatic carbocycles. The summed E-state index contributed by atoms with van der Waals surface area (Å²) in [6, 6.07) is 6.01. The van der Waals surface area contributed by atoms with Crippen molar-refractivity contribution >= 4 is 56.5 Å². The number of piperidine rings is 2. The van der Waals surface area contributed by atoms with Crippen LogP contribution < -0.4 is 11.1 Å². The maximum atomic E-state index is 14.2. The molecule has 3 atom stereocenters. The van der Waals surface area contributed by atoms with Crippen LogP contribution in [-0.4, -0.2) is 113 Å². The van der Waals surface area contributed by atoms with Gasteiger partial charge in [0.2, 0.25) is 11.8 Å². The molecule has 15 heteroatoms. The van der Waals surface area contributed by atoms with Crippen LogP contribution in [0.5, 0.6) is 0 Å². The van der Waals surface area contributed by atoms with Crippen LogP contribution in [0.4, 0.5) is 29.3 Å². The van der Waals surface area contributed by atoms with Gasteiger partial charge in [0.1, 0.15) is 0 Å². The summed E-state index contributed by atoms with van der Waals surface area (Å²) in [4.78, 5) is 52.3. The van der Waals surface area contributed by atoms with Gasteiger partial charge in [0, 0.05) is 79.2 Å². The molecule has 7 rings (SSSR count). The van der Waals surface area contributed by atoms with E-state index in [0.717, 1.165) is 42.6 Å². The van der Waals surface area contributed by atoms with E-state index in [1.54, 1.807) is 21.1 Å². The monoisotopic (exact) mass is 779 g/mol. The maximum absolute atomic E-state index is 14.2. The fraction of sp³-hybridized carbons (Fsp3) is 0.629. The fourth-order valence-electron chi connectivity index (χ4n) is 8.85. The number of thiophene rings is 1. The van der Waals surface area contributed by atoms with Crippen molar-refractivity contribution in [3.05, 3.63) is 44.1 Å². The molecular weight excluding hydrogens is 735 g/mol. The molecule has 2 aromatic rings. The number of hydrogen-bond acceptors (Lipinski definition) is 7. The molecule has 0 saturated carbocycles. The number of carbonyl (C=O) groups is 3. The molecule has 2 unspecified atom stereocenters. The number of halogens is 4. The molecule has 5 aliphatic heterocycles. The van der Waals surface area contributed by atoms with Crippen molar-refractivity contribution in [3.8, 4) is 0 Å². The Labute approximate surface area is 303 Å². The lowest BCUT2D eigenvalue weighted by Crippen LogP contribution is -2.56. The van der Waals surface area contributed by atoms with E-state index in [2.05, 4.69) is 38.1 Å². The maximum Gasteiger partial charge on any atom is 0.418 e. The summed E-state index contributed by atoms with van der Waals surface area (Å²) in [5, 5.41) is 4.91. The number of fused-ring (bicyclic) bond motifs is 3. The topological polar surface area (TPSA) is 105 Å². The van der Waals surface area contributed by atoms with Crippen molar-refractivity contribution in [1.29, 1.82) is 0 Å². The molecule has 10 nitrogen and oxygen atoms in total. The van der Waals surface area contributed by atoms with E-state index in [-0.39, 0.29) is 41.2 Å². The highest BCUT2D eigenvalue weighted by molar-refractivity contribution is 9.10. The van der Waals surface area contributed by atoms with Crippen LogP contribution in [0.1, 0.15) is 60.9 Å². The summed E-state index contributed by atoms with van der Waals surface area (Å²) < 4.78 is 41.8. The van der Waals surface area contributed by atoms with Gasteiger partial charge < -0.3 is 30.7 Å². The van der Waals surface area contributed by atoms with Crippen molar-refractivity contribution < 1.29 is 27.6 Å². The summed E-state index contributed by atoms with van der Waals surface area (Å²) in [7, 11) is 2.22. The minimum absolute atomic E-state index is 0.0152. The number of rotatable bonds is 7. The van der Waals surface area contributed by atoms with Crippen LogP contribution in [0.2, 0.25) is 0 Å². The summed E-state index contributed by atoms with van der Waals surface area (Å²) >= 11 is 4.78. The Morgan fingerprint density at radius 3 is 2.32 bits per heavy atom. The van der Waals surface area contributed by atoms with E-state index in [0.29, 0.717) is 69.3 Å². The highest BCUT2D eigenvalue weighted by atomic mass is 79.9. The number of anilines is 2. The number of urea groups is 1. The number of hydrogen-bond donors (Lipinski definition) is 2. The molecule has 272 valence electrons. The molecule has 6 heterocycles. The Balaban J connectivity index is 1.02. The van der Waals surface area contributed by atoms with Crippen LogP contribution >= 0.6 is 27.3 Å². The molecule has 1 aromatic heterocycles. The number of carbonyl (C=O) groups excluding carboxylic acids is 3. The van der Waals surface area contributed by atoms with Gasteiger partial charge in [-0.25, -0.2) is 4.79 Å². The summed E-state index contributed by atoms with van der Waals surface area (Å²) in [5.41, 5.74) is 5.57. The third-order valence-electron chi connectivity index (χ3n) is 11.8. The zero-order valence-corrected chi connectivity index (χ0v) is 30.7. The molecule has 1 aromatic carbocycles. The zero-order chi connectivity index (χ0) is 35.3. The molecule has 2 bridgehead atoms. The first-order chi connectivity index (χ1) is 23.9. The van der Waals surface area contributed by atoms with Gasteiger partial charge in [0.15, 0.2) is 0 Å². The number of nitrogen functional groups attached to an aromatic ring is 1. The number of nitrogens with one attached hydrogen (secondary N) is 1. The molecule has 0 spiro atoms. The van der Waals surface area contributed by atoms with E-state index in [1.807, 2.05) is 16.3 Å². The van der Waals surface area contributed by atoms with Gasteiger partial charge in [-0.05, 0) is 97.1 Å². The molecule has 50 heavy (non-hydrogen) atoms. The average molecular weight is 781 g/mol. The van der Waals surface area contributed by atoms with E-state index in [4.69, 9.17) is 5.73 Å². The molecule has 4 fully saturated rings. The largest absolute Gasteiger partial charge is 0.418 e. The number of piperazine rings is 1. The lowest BCUT2D eigenvalue weighted by molar-refractivity contribution is -0.143. The predicted molar refractivity (Wildman–Crippen MR) is 190 cm³/mol. The van der Waals surface area contributed by atoms with E-state index < -0.39 is 23.3 Å². The molecule has 4 amide bonds. The van der Waals surface area contributed by atoms with Crippen LogP contribution in [-0.2, 0) is 28.7 Å². The first kappa shape index (κ1) is 35.5. The number of benzene rings is 1. The van der Waals surface area contributed by atoms with Gasteiger partial charge in [-0.2, -0.15) is 13.2 Å². The average Bonchev–Trinajstić information content (AvgIpc) is 3.61. The Hall–Kier alpha value is -2.88. The number of likely N-dealkylation sites (tertiary alicyclic amines) is 1. The quantitative estimate of drug-likeness (QED) is 0.362.